The number of amides is 1. The summed E-state index contributed by atoms with van der Waals surface area (Å²) in [6.45, 7) is 1.79. The Kier molecular flexibility index (Phi) is 5.71. The molecule has 0 saturated carbocycles. The van der Waals surface area contributed by atoms with Gasteiger partial charge in [0.1, 0.15) is 11.6 Å². The maximum absolute atomic E-state index is 13.5. The summed E-state index contributed by atoms with van der Waals surface area (Å²) in [5, 5.41) is 7.31. The smallest absolute Gasteiger partial charge is 0.248 e. The number of carbonyl (C=O) groups is 1. The SMILES string of the molecule is Cc1ccc(F)cc1NC(=O)/C=C/c1cn(-c2ccccc2)nc1-c1ccc(F)cc1. The number of hydrogen-bond acceptors (Lipinski definition) is 2. The maximum Gasteiger partial charge on any atom is 0.248 e. The average Bonchev–Trinajstić information content (AvgIpc) is 3.20. The second-order valence-corrected chi connectivity index (χ2v) is 7.00. The van der Waals surface area contributed by atoms with Crippen LogP contribution in [0.2, 0.25) is 0 Å². The molecular weight excluding hydrogens is 396 g/mol. The van der Waals surface area contributed by atoms with Crippen molar-refractivity contribution in [1.29, 1.82) is 0 Å². The lowest BCUT2D eigenvalue weighted by molar-refractivity contribution is -0.111. The summed E-state index contributed by atoms with van der Waals surface area (Å²) < 4.78 is 28.6. The number of aromatic nitrogens is 2. The monoisotopic (exact) mass is 415 g/mol. The largest absolute Gasteiger partial charge is 0.322 e. The van der Waals surface area contributed by atoms with Crippen LogP contribution in [0.3, 0.4) is 0 Å². The Bertz CT molecular complexity index is 1250. The second kappa shape index (κ2) is 8.75. The van der Waals surface area contributed by atoms with Crippen LogP contribution in [0.5, 0.6) is 0 Å². The normalized spacial score (nSPS) is 11.1. The second-order valence-electron chi connectivity index (χ2n) is 7.00. The third-order valence-corrected chi connectivity index (χ3v) is 4.75. The molecule has 0 aliphatic heterocycles. The number of nitrogens with zero attached hydrogens (tertiary/aromatic N) is 2. The Morgan fingerprint density at radius 1 is 0.968 bits per heavy atom. The fourth-order valence-electron chi connectivity index (χ4n) is 3.12. The lowest BCUT2D eigenvalue weighted by Gasteiger charge is -2.06. The molecule has 31 heavy (non-hydrogen) atoms. The van der Waals surface area contributed by atoms with Crippen LogP contribution >= 0.6 is 0 Å². The summed E-state index contributed by atoms with van der Waals surface area (Å²) >= 11 is 0. The maximum atomic E-state index is 13.5. The Hall–Kier alpha value is -4.06. The summed E-state index contributed by atoms with van der Waals surface area (Å²) in [6, 6.07) is 19.8. The van der Waals surface area contributed by atoms with Crippen LogP contribution in [0.25, 0.3) is 23.0 Å². The van der Waals surface area contributed by atoms with Gasteiger partial charge in [0.15, 0.2) is 0 Å². The van der Waals surface area contributed by atoms with E-state index in [1.807, 2.05) is 30.3 Å². The topological polar surface area (TPSA) is 46.9 Å². The molecule has 0 unspecified atom stereocenters. The predicted octanol–water partition coefficient (Wildman–Crippen LogP) is 5.78. The zero-order valence-electron chi connectivity index (χ0n) is 16.7. The molecule has 0 aliphatic rings. The molecule has 0 bridgehead atoms. The number of para-hydroxylation sites is 1. The molecule has 6 heteroatoms. The molecule has 0 radical (unpaired) electrons. The van der Waals surface area contributed by atoms with Gasteiger partial charge in [-0.05, 0) is 67.1 Å². The predicted molar refractivity (Wildman–Crippen MR) is 118 cm³/mol. The molecule has 0 saturated heterocycles. The highest BCUT2D eigenvalue weighted by atomic mass is 19.1. The van der Waals surface area contributed by atoms with E-state index in [1.54, 1.807) is 42.1 Å². The fraction of sp³-hybridized carbons (Fsp3) is 0.0400. The fourth-order valence-corrected chi connectivity index (χ4v) is 3.12. The van der Waals surface area contributed by atoms with E-state index in [0.29, 0.717) is 16.9 Å². The number of halogens is 2. The van der Waals surface area contributed by atoms with E-state index in [-0.39, 0.29) is 5.82 Å². The molecule has 1 amide bonds. The van der Waals surface area contributed by atoms with Crippen LogP contribution in [0.4, 0.5) is 14.5 Å². The number of carbonyl (C=O) groups excluding carboxylic acids is 1. The van der Waals surface area contributed by atoms with Crippen LogP contribution in [0, 0.1) is 18.6 Å². The summed E-state index contributed by atoms with van der Waals surface area (Å²) in [5.74, 6) is -1.16. The van der Waals surface area contributed by atoms with Crippen molar-refractivity contribution < 1.29 is 13.6 Å². The van der Waals surface area contributed by atoms with Gasteiger partial charge in [-0.2, -0.15) is 5.10 Å². The summed E-state index contributed by atoms with van der Waals surface area (Å²) in [6.07, 6.45) is 4.80. The van der Waals surface area contributed by atoms with Crippen LogP contribution in [0.1, 0.15) is 11.1 Å². The van der Waals surface area contributed by atoms with Crippen molar-refractivity contribution in [3.63, 3.8) is 0 Å². The standard InChI is InChI=1S/C25H19F2N3O/c1-17-7-11-21(27)15-23(17)28-24(31)14-10-19-16-30(22-5-3-2-4-6-22)29-25(19)18-8-12-20(26)13-9-18/h2-16H,1H3,(H,28,31)/b14-10+. The van der Waals surface area contributed by atoms with Crippen molar-refractivity contribution >= 4 is 17.7 Å². The highest BCUT2D eigenvalue weighted by Crippen LogP contribution is 2.25. The van der Waals surface area contributed by atoms with E-state index in [2.05, 4.69) is 10.4 Å². The van der Waals surface area contributed by atoms with E-state index in [4.69, 9.17) is 0 Å². The number of anilines is 1. The third-order valence-electron chi connectivity index (χ3n) is 4.75. The molecule has 1 heterocycles. The Balaban J connectivity index is 1.66. The summed E-state index contributed by atoms with van der Waals surface area (Å²) in [7, 11) is 0. The number of hydrogen-bond donors (Lipinski definition) is 1. The first-order valence-electron chi connectivity index (χ1n) is 9.66. The van der Waals surface area contributed by atoms with Crippen molar-refractivity contribution in [2.45, 2.75) is 6.92 Å². The number of nitrogens with one attached hydrogen (secondary N) is 1. The van der Waals surface area contributed by atoms with Gasteiger partial charge in [-0.1, -0.05) is 24.3 Å². The molecule has 0 fully saturated rings. The van der Waals surface area contributed by atoms with Gasteiger partial charge in [-0.3, -0.25) is 4.79 Å². The van der Waals surface area contributed by atoms with Gasteiger partial charge in [0, 0.05) is 29.1 Å². The highest BCUT2D eigenvalue weighted by molar-refractivity contribution is 6.02. The number of benzene rings is 3. The molecule has 4 rings (SSSR count). The first-order valence-corrected chi connectivity index (χ1v) is 9.66. The van der Waals surface area contributed by atoms with E-state index in [9.17, 15) is 13.6 Å². The molecular formula is C25H19F2N3O. The minimum atomic E-state index is -0.424. The first kappa shape index (κ1) is 20.2. The molecule has 4 aromatic rings. The van der Waals surface area contributed by atoms with Gasteiger partial charge in [0.25, 0.3) is 0 Å². The van der Waals surface area contributed by atoms with Crippen LogP contribution in [-0.4, -0.2) is 15.7 Å². The third kappa shape index (κ3) is 4.75. The van der Waals surface area contributed by atoms with Crippen molar-refractivity contribution in [2.75, 3.05) is 5.32 Å². The van der Waals surface area contributed by atoms with E-state index < -0.39 is 11.7 Å². The molecule has 0 spiro atoms. The zero-order chi connectivity index (χ0) is 21.8. The molecule has 0 aliphatic carbocycles. The molecule has 1 N–H and O–H groups in total. The molecule has 154 valence electrons. The minimum Gasteiger partial charge on any atom is -0.322 e. The van der Waals surface area contributed by atoms with Crippen LogP contribution in [0.15, 0.2) is 85.1 Å². The van der Waals surface area contributed by atoms with Gasteiger partial charge < -0.3 is 5.32 Å². The van der Waals surface area contributed by atoms with E-state index >= 15 is 0 Å². The van der Waals surface area contributed by atoms with Gasteiger partial charge in [0.05, 0.1) is 11.4 Å². The molecule has 3 aromatic carbocycles. The van der Waals surface area contributed by atoms with Gasteiger partial charge in [-0.15, -0.1) is 0 Å². The number of rotatable bonds is 5. The van der Waals surface area contributed by atoms with E-state index in [1.165, 1.54) is 30.3 Å². The number of aryl methyl sites for hydroxylation is 1. The quantitative estimate of drug-likeness (QED) is 0.420. The van der Waals surface area contributed by atoms with Crippen molar-refractivity contribution in [2.24, 2.45) is 0 Å². The Labute approximate surface area is 178 Å². The summed E-state index contributed by atoms with van der Waals surface area (Å²) in [5.41, 5.74) is 4.03. The van der Waals surface area contributed by atoms with Crippen LogP contribution in [-0.2, 0) is 4.79 Å². The van der Waals surface area contributed by atoms with Gasteiger partial charge in [-0.25, -0.2) is 13.5 Å². The molecule has 0 atom stereocenters. The highest BCUT2D eigenvalue weighted by Gasteiger charge is 2.11. The van der Waals surface area contributed by atoms with Crippen molar-refractivity contribution in [3.05, 3.63) is 108 Å². The summed E-state index contributed by atoms with van der Waals surface area (Å²) in [4.78, 5) is 12.4. The molecule has 1 aromatic heterocycles. The average molecular weight is 415 g/mol. The Morgan fingerprint density at radius 2 is 1.68 bits per heavy atom. The van der Waals surface area contributed by atoms with Crippen molar-refractivity contribution in [1.82, 2.24) is 9.78 Å². The van der Waals surface area contributed by atoms with E-state index in [0.717, 1.165) is 16.8 Å². The van der Waals surface area contributed by atoms with Gasteiger partial charge in [0.2, 0.25) is 5.91 Å². The van der Waals surface area contributed by atoms with Crippen LogP contribution < -0.4 is 5.32 Å². The Morgan fingerprint density at radius 3 is 2.42 bits per heavy atom. The first-order chi connectivity index (χ1) is 15.0. The lowest BCUT2D eigenvalue weighted by atomic mass is 10.1. The zero-order valence-corrected chi connectivity index (χ0v) is 16.7. The van der Waals surface area contributed by atoms with Gasteiger partial charge >= 0.3 is 0 Å². The lowest BCUT2D eigenvalue weighted by Crippen LogP contribution is -2.09. The molecule has 4 nitrogen and oxygen atoms in total. The van der Waals surface area contributed by atoms with Crippen molar-refractivity contribution in [3.8, 4) is 16.9 Å². The minimum absolute atomic E-state index is 0.340.